The number of hydrogen-bond donors (Lipinski definition) is 1. The summed E-state index contributed by atoms with van der Waals surface area (Å²) in [5.41, 5.74) is 2.31. The zero-order valence-electron chi connectivity index (χ0n) is 11.6. The molecular weight excluding hydrogens is 238 g/mol. The van der Waals surface area contributed by atoms with Gasteiger partial charge in [0.25, 0.3) is 0 Å². The van der Waals surface area contributed by atoms with Crippen molar-refractivity contribution in [2.75, 3.05) is 31.6 Å². The number of anilines is 1. The van der Waals surface area contributed by atoms with E-state index in [2.05, 4.69) is 27.9 Å². The number of fused-ring (bicyclic) bond motifs is 1. The Kier molecular flexibility index (Phi) is 3.71. The fourth-order valence-electron chi connectivity index (χ4n) is 2.92. The summed E-state index contributed by atoms with van der Waals surface area (Å²) in [7, 11) is 2.07. The van der Waals surface area contributed by atoms with Crippen LogP contribution < -0.4 is 4.90 Å². The third-order valence-electron chi connectivity index (χ3n) is 4.37. The smallest absolute Gasteiger partial charge is 0.0776 e. The lowest BCUT2D eigenvalue weighted by atomic mass is 10.1. The van der Waals surface area contributed by atoms with Crippen molar-refractivity contribution in [1.29, 1.82) is 0 Å². The molecule has 1 aromatic rings. The highest BCUT2D eigenvalue weighted by Crippen LogP contribution is 2.32. The van der Waals surface area contributed by atoms with Crippen LogP contribution in [-0.2, 0) is 6.54 Å². The monoisotopic (exact) mass is 261 g/mol. The molecule has 2 heterocycles. The second kappa shape index (κ2) is 5.47. The summed E-state index contributed by atoms with van der Waals surface area (Å²) < 4.78 is 0. The van der Waals surface area contributed by atoms with E-state index < -0.39 is 0 Å². The van der Waals surface area contributed by atoms with Crippen LogP contribution in [-0.4, -0.2) is 47.8 Å². The Bertz CT molecular complexity index is 433. The van der Waals surface area contributed by atoms with Crippen molar-refractivity contribution in [3.63, 3.8) is 0 Å². The summed E-state index contributed by atoms with van der Waals surface area (Å²) in [4.78, 5) is 9.26. The molecule has 1 aromatic heterocycles. The van der Waals surface area contributed by atoms with Gasteiger partial charge in [-0.25, -0.2) is 0 Å². The Balaban J connectivity index is 1.84. The summed E-state index contributed by atoms with van der Waals surface area (Å²) in [5.74, 6) is 0.900. The highest BCUT2D eigenvalue weighted by atomic mass is 16.3. The van der Waals surface area contributed by atoms with Gasteiger partial charge in [0.05, 0.1) is 24.0 Å². The first kappa shape index (κ1) is 12.9. The van der Waals surface area contributed by atoms with Gasteiger partial charge in [0.2, 0.25) is 0 Å². The van der Waals surface area contributed by atoms with Crippen LogP contribution in [0.25, 0.3) is 0 Å². The van der Waals surface area contributed by atoms with Crippen molar-refractivity contribution in [3.05, 3.63) is 24.0 Å². The van der Waals surface area contributed by atoms with E-state index in [9.17, 15) is 5.11 Å². The third kappa shape index (κ3) is 2.90. The van der Waals surface area contributed by atoms with Gasteiger partial charge in [-0.05, 0) is 37.3 Å². The molecule has 0 bridgehead atoms. The lowest BCUT2D eigenvalue weighted by Gasteiger charge is -2.35. The molecular formula is C15H23N3O. The summed E-state index contributed by atoms with van der Waals surface area (Å²) in [5, 5.41) is 9.60. The van der Waals surface area contributed by atoms with E-state index in [1.54, 1.807) is 0 Å². The van der Waals surface area contributed by atoms with Gasteiger partial charge in [-0.15, -0.1) is 0 Å². The van der Waals surface area contributed by atoms with Gasteiger partial charge in [-0.2, -0.15) is 0 Å². The molecule has 4 nitrogen and oxygen atoms in total. The quantitative estimate of drug-likeness (QED) is 0.895. The van der Waals surface area contributed by atoms with Crippen molar-refractivity contribution in [2.45, 2.75) is 31.8 Å². The maximum atomic E-state index is 9.60. The lowest BCUT2D eigenvalue weighted by molar-refractivity contribution is 0.204. The molecule has 19 heavy (non-hydrogen) atoms. The van der Waals surface area contributed by atoms with E-state index in [4.69, 9.17) is 0 Å². The molecule has 0 spiro atoms. The van der Waals surface area contributed by atoms with Crippen LogP contribution in [0, 0.1) is 5.92 Å². The van der Waals surface area contributed by atoms with Crippen molar-refractivity contribution in [2.24, 2.45) is 5.92 Å². The van der Waals surface area contributed by atoms with Crippen LogP contribution in [0.5, 0.6) is 0 Å². The molecule has 0 unspecified atom stereocenters. The maximum Gasteiger partial charge on any atom is 0.0776 e. The Hall–Kier alpha value is -1.13. The molecule has 1 saturated carbocycles. The third-order valence-corrected chi connectivity index (χ3v) is 4.37. The number of rotatable bonds is 3. The SMILES string of the molecule is CN1c2cccnc2CN(CC2CC2)CC[C@H]1CO. The van der Waals surface area contributed by atoms with Gasteiger partial charge in [0.15, 0.2) is 0 Å². The average molecular weight is 261 g/mol. The number of aliphatic hydroxyl groups excluding tert-OH is 1. The average Bonchev–Trinajstić information content (AvgIpc) is 3.22. The van der Waals surface area contributed by atoms with Crippen molar-refractivity contribution in [3.8, 4) is 0 Å². The first-order valence-electron chi connectivity index (χ1n) is 7.28. The highest BCUT2D eigenvalue weighted by molar-refractivity contribution is 5.51. The summed E-state index contributed by atoms with van der Waals surface area (Å²) in [6.07, 6.45) is 5.66. The van der Waals surface area contributed by atoms with E-state index in [-0.39, 0.29) is 12.6 Å². The van der Waals surface area contributed by atoms with E-state index in [0.29, 0.717) is 0 Å². The molecule has 2 aliphatic rings. The lowest BCUT2D eigenvalue weighted by Crippen LogP contribution is -2.42. The van der Waals surface area contributed by atoms with E-state index >= 15 is 0 Å². The standard InChI is InChI=1S/C15H23N3O/c1-17-13(11-19)6-8-18(9-12-4-5-12)10-14-15(17)3-2-7-16-14/h2-3,7,12-13,19H,4-6,8-11H2,1H3/t13-/m0/s1. The van der Waals surface area contributed by atoms with Crippen molar-refractivity contribution >= 4 is 5.69 Å². The van der Waals surface area contributed by atoms with Crippen LogP contribution in [0.3, 0.4) is 0 Å². The molecule has 3 rings (SSSR count). The molecule has 4 heteroatoms. The molecule has 1 aliphatic heterocycles. The maximum absolute atomic E-state index is 9.60. The normalized spacial score (nSPS) is 24.7. The molecule has 1 atom stereocenters. The van der Waals surface area contributed by atoms with Crippen LogP contribution in [0.1, 0.15) is 25.0 Å². The second-order valence-corrected chi connectivity index (χ2v) is 5.88. The van der Waals surface area contributed by atoms with Gasteiger partial charge in [-0.3, -0.25) is 9.88 Å². The number of aliphatic hydroxyl groups is 1. The number of hydrogen-bond acceptors (Lipinski definition) is 4. The van der Waals surface area contributed by atoms with E-state index in [1.165, 1.54) is 25.1 Å². The molecule has 0 saturated heterocycles. The van der Waals surface area contributed by atoms with Gasteiger partial charge >= 0.3 is 0 Å². The topological polar surface area (TPSA) is 39.6 Å². The van der Waals surface area contributed by atoms with Crippen LogP contribution in [0.2, 0.25) is 0 Å². The minimum Gasteiger partial charge on any atom is -0.394 e. The molecule has 1 fully saturated rings. The van der Waals surface area contributed by atoms with Crippen LogP contribution in [0.15, 0.2) is 18.3 Å². The fourth-order valence-corrected chi connectivity index (χ4v) is 2.92. The Morgan fingerprint density at radius 2 is 2.21 bits per heavy atom. The molecule has 0 aromatic carbocycles. The van der Waals surface area contributed by atoms with Crippen molar-refractivity contribution in [1.82, 2.24) is 9.88 Å². The highest BCUT2D eigenvalue weighted by Gasteiger charge is 2.28. The predicted molar refractivity (Wildman–Crippen MR) is 76.1 cm³/mol. The number of nitrogens with zero attached hydrogens (tertiary/aromatic N) is 3. The first-order valence-corrected chi connectivity index (χ1v) is 7.28. The van der Waals surface area contributed by atoms with Gasteiger partial charge in [0, 0.05) is 32.9 Å². The summed E-state index contributed by atoms with van der Waals surface area (Å²) in [6.45, 7) is 3.40. The zero-order chi connectivity index (χ0) is 13.2. The Morgan fingerprint density at radius 3 is 2.95 bits per heavy atom. The number of pyridine rings is 1. The number of aromatic nitrogens is 1. The zero-order valence-corrected chi connectivity index (χ0v) is 11.6. The molecule has 0 radical (unpaired) electrons. The van der Waals surface area contributed by atoms with Gasteiger partial charge < -0.3 is 10.0 Å². The Morgan fingerprint density at radius 1 is 1.37 bits per heavy atom. The minimum atomic E-state index is 0.199. The Labute approximate surface area is 115 Å². The second-order valence-electron chi connectivity index (χ2n) is 5.88. The van der Waals surface area contributed by atoms with E-state index in [0.717, 1.165) is 31.1 Å². The molecule has 0 amide bonds. The van der Waals surface area contributed by atoms with Crippen LogP contribution >= 0.6 is 0 Å². The molecule has 104 valence electrons. The summed E-state index contributed by atoms with van der Waals surface area (Å²) in [6, 6.07) is 4.30. The summed E-state index contributed by atoms with van der Waals surface area (Å²) >= 11 is 0. The number of likely N-dealkylation sites (N-methyl/N-ethyl adjacent to an activating group) is 1. The van der Waals surface area contributed by atoms with Crippen molar-refractivity contribution < 1.29 is 5.11 Å². The molecule has 1 N–H and O–H groups in total. The largest absolute Gasteiger partial charge is 0.394 e. The van der Waals surface area contributed by atoms with E-state index in [1.807, 2.05) is 12.3 Å². The fraction of sp³-hybridized carbons (Fsp3) is 0.667. The van der Waals surface area contributed by atoms with Gasteiger partial charge in [-0.1, -0.05) is 0 Å². The van der Waals surface area contributed by atoms with Crippen LogP contribution in [0.4, 0.5) is 5.69 Å². The minimum absolute atomic E-state index is 0.199. The first-order chi connectivity index (χ1) is 9.28. The van der Waals surface area contributed by atoms with Gasteiger partial charge in [0.1, 0.15) is 0 Å². The predicted octanol–water partition coefficient (Wildman–Crippen LogP) is 1.49. The molecule has 1 aliphatic carbocycles.